The molecule has 20 heavy (non-hydrogen) atoms. The summed E-state index contributed by atoms with van der Waals surface area (Å²) in [5, 5.41) is 10.1. The van der Waals surface area contributed by atoms with E-state index in [-0.39, 0.29) is 17.8 Å². The van der Waals surface area contributed by atoms with Crippen LogP contribution in [0.2, 0.25) is 0 Å². The van der Waals surface area contributed by atoms with Crippen LogP contribution in [0, 0.1) is 5.92 Å². The van der Waals surface area contributed by atoms with Crippen molar-refractivity contribution in [2.75, 3.05) is 6.61 Å². The molecule has 2 atom stereocenters. The molecule has 0 bridgehead atoms. The van der Waals surface area contributed by atoms with Crippen molar-refractivity contribution in [2.45, 2.75) is 46.0 Å². The molecule has 3 nitrogen and oxygen atoms in total. The smallest absolute Gasteiger partial charge is 0.163 e. The Labute approximate surface area is 121 Å². The molecule has 0 spiro atoms. The fourth-order valence-corrected chi connectivity index (χ4v) is 2.46. The van der Waals surface area contributed by atoms with Crippen LogP contribution < -0.4 is 0 Å². The summed E-state index contributed by atoms with van der Waals surface area (Å²) in [5.74, 6) is -0.113. The van der Waals surface area contributed by atoms with E-state index in [0.29, 0.717) is 6.61 Å². The third-order valence-electron chi connectivity index (χ3n) is 3.56. The number of phenols is 1. The summed E-state index contributed by atoms with van der Waals surface area (Å²) in [5.41, 5.74) is 2.13. The van der Waals surface area contributed by atoms with Gasteiger partial charge in [0.1, 0.15) is 5.75 Å². The lowest BCUT2D eigenvalue weighted by Gasteiger charge is -2.41. The molecule has 0 saturated carbocycles. The molecule has 0 aromatic heterocycles. The lowest BCUT2D eigenvalue weighted by molar-refractivity contribution is -0.295. The summed E-state index contributed by atoms with van der Waals surface area (Å²) in [6.07, 6.45) is 2.94. The largest absolute Gasteiger partial charge is 0.508 e. The first-order valence-electron chi connectivity index (χ1n) is 7.12. The van der Waals surface area contributed by atoms with Crippen molar-refractivity contribution in [3.63, 3.8) is 0 Å². The van der Waals surface area contributed by atoms with Crippen molar-refractivity contribution < 1.29 is 14.6 Å². The van der Waals surface area contributed by atoms with Gasteiger partial charge >= 0.3 is 0 Å². The Morgan fingerprint density at radius 3 is 2.70 bits per heavy atom. The van der Waals surface area contributed by atoms with Gasteiger partial charge in [0.15, 0.2) is 5.79 Å². The van der Waals surface area contributed by atoms with Crippen LogP contribution in [-0.2, 0) is 9.47 Å². The molecule has 1 N–H and O–H groups in total. The summed E-state index contributed by atoms with van der Waals surface area (Å²) in [6, 6.07) is 7.39. The van der Waals surface area contributed by atoms with E-state index in [2.05, 4.69) is 19.9 Å². The number of aromatic hydroxyl groups is 1. The average Bonchev–Trinajstić information content (AvgIpc) is 2.37. The molecule has 0 amide bonds. The normalized spacial score (nSPS) is 25.2. The van der Waals surface area contributed by atoms with Crippen molar-refractivity contribution in [3.8, 4) is 5.75 Å². The van der Waals surface area contributed by atoms with Gasteiger partial charge in [-0.2, -0.15) is 0 Å². The predicted octanol–water partition coefficient (Wildman–Crippen LogP) is 4.19. The van der Waals surface area contributed by atoms with Crippen molar-refractivity contribution >= 4 is 0 Å². The van der Waals surface area contributed by atoms with E-state index in [1.165, 1.54) is 5.57 Å². The molecule has 0 aliphatic carbocycles. The zero-order valence-corrected chi connectivity index (χ0v) is 12.7. The number of rotatable bonds is 3. The summed E-state index contributed by atoms with van der Waals surface area (Å²) in [4.78, 5) is 0. The van der Waals surface area contributed by atoms with Crippen molar-refractivity contribution in [1.82, 2.24) is 0 Å². The molecule has 110 valence electrons. The molecule has 1 aliphatic heterocycles. The molecule has 1 saturated heterocycles. The molecule has 0 unspecified atom stereocenters. The molecular weight excluding hydrogens is 252 g/mol. The number of benzene rings is 1. The topological polar surface area (TPSA) is 38.7 Å². The van der Waals surface area contributed by atoms with Gasteiger partial charge < -0.3 is 14.6 Å². The predicted molar refractivity (Wildman–Crippen MR) is 79.5 cm³/mol. The van der Waals surface area contributed by atoms with Crippen LogP contribution in [0.1, 0.15) is 45.8 Å². The maximum Gasteiger partial charge on any atom is 0.163 e. The summed E-state index contributed by atoms with van der Waals surface area (Å²) < 4.78 is 11.8. The van der Waals surface area contributed by atoms with Crippen LogP contribution in [0.15, 0.2) is 35.9 Å². The minimum absolute atomic E-state index is 0.143. The Hall–Kier alpha value is -1.32. The van der Waals surface area contributed by atoms with Crippen LogP contribution in [0.4, 0.5) is 0 Å². The quantitative estimate of drug-likeness (QED) is 0.841. The van der Waals surface area contributed by atoms with Gasteiger partial charge in [0.2, 0.25) is 0 Å². The Balaban J connectivity index is 2.27. The third-order valence-corrected chi connectivity index (χ3v) is 3.56. The summed E-state index contributed by atoms with van der Waals surface area (Å²) in [7, 11) is 0. The van der Waals surface area contributed by atoms with Gasteiger partial charge in [-0.1, -0.05) is 29.8 Å². The molecule has 1 aromatic rings. The van der Waals surface area contributed by atoms with Crippen LogP contribution >= 0.6 is 0 Å². The monoisotopic (exact) mass is 276 g/mol. The van der Waals surface area contributed by atoms with Gasteiger partial charge in [0, 0.05) is 11.5 Å². The highest BCUT2D eigenvalue weighted by molar-refractivity contribution is 5.34. The van der Waals surface area contributed by atoms with Crippen molar-refractivity contribution in [3.05, 3.63) is 41.5 Å². The average molecular weight is 276 g/mol. The molecule has 1 heterocycles. The van der Waals surface area contributed by atoms with Crippen LogP contribution in [0.3, 0.4) is 0 Å². The molecule has 3 heteroatoms. The second kappa shape index (κ2) is 5.98. The third kappa shape index (κ3) is 3.62. The molecule has 0 radical (unpaired) electrons. The van der Waals surface area contributed by atoms with Gasteiger partial charge in [0.25, 0.3) is 0 Å². The Morgan fingerprint density at radius 1 is 1.35 bits per heavy atom. The van der Waals surface area contributed by atoms with Gasteiger partial charge in [-0.05, 0) is 40.2 Å². The number of phenolic OH excluding ortho intramolecular Hbond substituents is 1. The first-order chi connectivity index (χ1) is 9.39. The van der Waals surface area contributed by atoms with E-state index >= 15 is 0 Å². The minimum Gasteiger partial charge on any atom is -0.508 e. The lowest BCUT2D eigenvalue weighted by atomic mass is 9.90. The van der Waals surface area contributed by atoms with Crippen molar-refractivity contribution in [2.24, 2.45) is 5.92 Å². The van der Waals surface area contributed by atoms with Gasteiger partial charge in [-0.3, -0.25) is 0 Å². The van der Waals surface area contributed by atoms with Crippen molar-refractivity contribution in [1.29, 1.82) is 0 Å². The van der Waals surface area contributed by atoms with E-state index in [1.807, 2.05) is 32.0 Å². The number of hydrogen-bond acceptors (Lipinski definition) is 3. The summed E-state index contributed by atoms with van der Waals surface area (Å²) in [6.45, 7) is 8.64. The highest BCUT2D eigenvalue weighted by atomic mass is 16.7. The van der Waals surface area contributed by atoms with Crippen LogP contribution in [0.5, 0.6) is 5.75 Å². The van der Waals surface area contributed by atoms with E-state index in [0.717, 1.165) is 12.0 Å². The zero-order chi connectivity index (χ0) is 14.8. The minimum atomic E-state index is -0.617. The second-order valence-electron chi connectivity index (χ2n) is 6.09. The molecular formula is C17H24O3. The molecule has 1 aliphatic rings. The highest BCUT2D eigenvalue weighted by Gasteiger charge is 2.37. The fourth-order valence-electron chi connectivity index (χ4n) is 2.46. The van der Waals surface area contributed by atoms with E-state index in [4.69, 9.17) is 9.47 Å². The number of ether oxygens (including phenoxy) is 2. The maximum atomic E-state index is 10.1. The first kappa shape index (κ1) is 15.1. The fraction of sp³-hybridized carbons (Fsp3) is 0.529. The number of hydrogen-bond donors (Lipinski definition) is 1. The van der Waals surface area contributed by atoms with Gasteiger partial charge in [0.05, 0.1) is 12.7 Å². The van der Waals surface area contributed by atoms with Gasteiger partial charge in [-0.25, -0.2) is 0 Å². The molecule has 2 rings (SSSR count). The van der Waals surface area contributed by atoms with Crippen LogP contribution in [-0.4, -0.2) is 17.5 Å². The first-order valence-corrected chi connectivity index (χ1v) is 7.12. The Morgan fingerprint density at radius 2 is 2.05 bits per heavy atom. The highest BCUT2D eigenvalue weighted by Crippen LogP contribution is 2.41. The standard InChI is InChI=1S/C17H24O3/c1-12(2)9-10-13-11-19-17(3,4)20-16(13)14-7-5-6-8-15(14)18/h5-9,13,16,18H,10-11H2,1-4H3/t13-,16+/m1/s1. The SMILES string of the molecule is CC(C)=CC[C@@H]1COC(C)(C)O[C@@H]1c1ccccc1O. The Kier molecular flexibility index (Phi) is 4.51. The molecule has 1 fully saturated rings. The number of allylic oxidation sites excluding steroid dienone is 2. The van der Waals surface area contributed by atoms with Gasteiger partial charge in [-0.15, -0.1) is 0 Å². The van der Waals surface area contributed by atoms with E-state index < -0.39 is 5.79 Å². The molecule has 1 aromatic carbocycles. The second-order valence-corrected chi connectivity index (χ2v) is 6.09. The van der Waals surface area contributed by atoms with Crippen LogP contribution in [0.25, 0.3) is 0 Å². The maximum absolute atomic E-state index is 10.1. The lowest BCUT2D eigenvalue weighted by Crippen LogP contribution is -2.41. The Bertz CT molecular complexity index is 487. The summed E-state index contributed by atoms with van der Waals surface area (Å²) >= 11 is 0. The zero-order valence-electron chi connectivity index (χ0n) is 12.7. The number of para-hydroxylation sites is 1. The van der Waals surface area contributed by atoms with E-state index in [1.54, 1.807) is 6.07 Å². The van der Waals surface area contributed by atoms with E-state index in [9.17, 15) is 5.11 Å².